The SMILES string of the molecule is COC(=O)c1ccc(COC(=O)c2cccc[n+]2[O-])cc1. The first-order valence-corrected chi connectivity index (χ1v) is 6.14. The van der Waals surface area contributed by atoms with Crippen molar-refractivity contribution in [3.8, 4) is 0 Å². The maximum Gasteiger partial charge on any atom is 0.405 e. The van der Waals surface area contributed by atoms with Crippen LogP contribution in [0.2, 0.25) is 0 Å². The maximum atomic E-state index is 11.7. The highest BCUT2D eigenvalue weighted by Crippen LogP contribution is 2.08. The number of ether oxygens (including phenoxy) is 2. The van der Waals surface area contributed by atoms with E-state index in [9.17, 15) is 14.8 Å². The molecule has 0 atom stereocenters. The van der Waals surface area contributed by atoms with Gasteiger partial charge in [-0.25, -0.2) is 9.59 Å². The molecule has 0 N–H and O–H groups in total. The molecule has 108 valence electrons. The van der Waals surface area contributed by atoms with Crippen LogP contribution in [0, 0.1) is 5.21 Å². The van der Waals surface area contributed by atoms with Crippen LogP contribution < -0.4 is 4.73 Å². The number of hydrogen-bond donors (Lipinski definition) is 0. The quantitative estimate of drug-likeness (QED) is 0.483. The first-order chi connectivity index (χ1) is 10.1. The van der Waals surface area contributed by atoms with Crippen LogP contribution in [0.3, 0.4) is 0 Å². The zero-order valence-corrected chi connectivity index (χ0v) is 11.3. The van der Waals surface area contributed by atoms with Crippen molar-refractivity contribution in [2.24, 2.45) is 0 Å². The maximum absolute atomic E-state index is 11.7. The Balaban J connectivity index is 1.99. The summed E-state index contributed by atoms with van der Waals surface area (Å²) >= 11 is 0. The molecular formula is C15H13NO5. The van der Waals surface area contributed by atoms with E-state index in [0.29, 0.717) is 15.9 Å². The van der Waals surface area contributed by atoms with Gasteiger partial charge in [0.15, 0.2) is 6.20 Å². The second-order valence-corrected chi connectivity index (χ2v) is 4.18. The van der Waals surface area contributed by atoms with E-state index in [0.717, 1.165) is 0 Å². The van der Waals surface area contributed by atoms with Gasteiger partial charge in [0.2, 0.25) is 0 Å². The molecule has 2 aromatic rings. The Kier molecular flexibility index (Phi) is 4.50. The van der Waals surface area contributed by atoms with Crippen molar-refractivity contribution in [2.75, 3.05) is 7.11 Å². The van der Waals surface area contributed by atoms with E-state index in [4.69, 9.17) is 4.74 Å². The Bertz CT molecular complexity index is 651. The lowest BCUT2D eigenvalue weighted by Crippen LogP contribution is -2.34. The number of benzene rings is 1. The van der Waals surface area contributed by atoms with Gasteiger partial charge in [-0.15, -0.1) is 0 Å². The standard InChI is InChI=1S/C15H13NO5/c1-20-14(17)12-7-5-11(6-8-12)10-21-15(18)13-4-2-3-9-16(13)19/h2-9H,10H2,1H3. The van der Waals surface area contributed by atoms with Crippen LogP contribution in [0.1, 0.15) is 26.4 Å². The van der Waals surface area contributed by atoms with Gasteiger partial charge in [0.1, 0.15) is 6.61 Å². The van der Waals surface area contributed by atoms with Crippen molar-refractivity contribution in [1.82, 2.24) is 0 Å². The lowest BCUT2D eigenvalue weighted by Gasteiger charge is -2.06. The van der Waals surface area contributed by atoms with Gasteiger partial charge >= 0.3 is 17.6 Å². The van der Waals surface area contributed by atoms with E-state index >= 15 is 0 Å². The van der Waals surface area contributed by atoms with Crippen molar-refractivity contribution in [2.45, 2.75) is 6.61 Å². The number of hydrogen-bond acceptors (Lipinski definition) is 5. The van der Waals surface area contributed by atoms with Gasteiger partial charge < -0.3 is 14.7 Å². The lowest BCUT2D eigenvalue weighted by molar-refractivity contribution is -0.608. The monoisotopic (exact) mass is 287 g/mol. The lowest BCUT2D eigenvalue weighted by atomic mass is 10.1. The highest BCUT2D eigenvalue weighted by molar-refractivity contribution is 5.89. The molecule has 0 unspecified atom stereocenters. The Labute approximate surface area is 121 Å². The average molecular weight is 287 g/mol. The molecule has 0 aliphatic rings. The van der Waals surface area contributed by atoms with Crippen LogP contribution in [-0.2, 0) is 16.1 Å². The van der Waals surface area contributed by atoms with Gasteiger partial charge in [-0.3, -0.25) is 0 Å². The second-order valence-electron chi connectivity index (χ2n) is 4.18. The molecule has 0 amide bonds. The minimum absolute atomic E-state index is 0.00911. The Hall–Kier alpha value is -2.89. The molecule has 1 aromatic heterocycles. The molecule has 2 rings (SSSR count). The van der Waals surface area contributed by atoms with Crippen molar-refractivity contribution in [3.63, 3.8) is 0 Å². The van der Waals surface area contributed by atoms with Crippen molar-refractivity contribution in [1.29, 1.82) is 0 Å². The number of carbonyl (C=O) groups is 2. The normalized spacial score (nSPS) is 9.95. The molecule has 1 heterocycles. The summed E-state index contributed by atoms with van der Waals surface area (Å²) in [4.78, 5) is 23.0. The van der Waals surface area contributed by atoms with Gasteiger partial charge in [0.05, 0.1) is 12.7 Å². The largest absolute Gasteiger partial charge is 0.618 e. The number of methoxy groups -OCH3 is 1. The highest BCUT2D eigenvalue weighted by atomic mass is 16.5. The number of carbonyl (C=O) groups excluding carboxylic acids is 2. The molecule has 0 radical (unpaired) electrons. The third kappa shape index (κ3) is 3.56. The second kappa shape index (κ2) is 6.51. The molecule has 6 heteroatoms. The van der Waals surface area contributed by atoms with Crippen molar-refractivity contribution >= 4 is 11.9 Å². The van der Waals surface area contributed by atoms with E-state index in [-0.39, 0.29) is 12.3 Å². The van der Waals surface area contributed by atoms with Crippen LogP contribution >= 0.6 is 0 Å². The number of esters is 2. The first-order valence-electron chi connectivity index (χ1n) is 6.14. The predicted molar refractivity (Wildman–Crippen MR) is 72.3 cm³/mol. The molecule has 0 aliphatic heterocycles. The topological polar surface area (TPSA) is 79.5 Å². The summed E-state index contributed by atoms with van der Waals surface area (Å²) in [7, 11) is 1.30. The van der Waals surface area contributed by atoms with Crippen LogP contribution in [0.4, 0.5) is 0 Å². The zero-order valence-electron chi connectivity index (χ0n) is 11.3. The predicted octanol–water partition coefficient (Wildman–Crippen LogP) is 1.46. The van der Waals surface area contributed by atoms with E-state index in [1.807, 2.05) is 0 Å². The Morgan fingerprint density at radius 2 is 1.81 bits per heavy atom. The smallest absolute Gasteiger partial charge is 0.405 e. The minimum atomic E-state index is -0.706. The fourth-order valence-electron chi connectivity index (χ4n) is 1.66. The summed E-state index contributed by atoms with van der Waals surface area (Å²) in [5.74, 6) is -1.14. The molecule has 0 bridgehead atoms. The summed E-state index contributed by atoms with van der Waals surface area (Å²) in [5.41, 5.74) is 1.03. The molecule has 1 aromatic carbocycles. The van der Waals surface area contributed by atoms with Gasteiger partial charge in [-0.1, -0.05) is 12.1 Å². The fraction of sp³-hybridized carbons (Fsp3) is 0.133. The van der Waals surface area contributed by atoms with Gasteiger partial charge in [-0.2, -0.15) is 4.73 Å². The summed E-state index contributed by atoms with van der Waals surface area (Å²) in [5, 5.41) is 11.4. The molecule has 0 aliphatic carbocycles. The van der Waals surface area contributed by atoms with Gasteiger partial charge in [-0.05, 0) is 23.8 Å². The van der Waals surface area contributed by atoms with Crippen molar-refractivity contribution in [3.05, 3.63) is 70.7 Å². The van der Waals surface area contributed by atoms with Crippen LogP contribution in [0.25, 0.3) is 0 Å². The van der Waals surface area contributed by atoms with Crippen LogP contribution in [-0.4, -0.2) is 19.0 Å². The number of pyridine rings is 1. The van der Waals surface area contributed by atoms with Gasteiger partial charge in [0, 0.05) is 12.1 Å². The zero-order chi connectivity index (χ0) is 15.2. The van der Waals surface area contributed by atoms with E-state index in [1.54, 1.807) is 30.3 Å². The average Bonchev–Trinajstić information content (AvgIpc) is 2.52. The molecule has 0 saturated heterocycles. The van der Waals surface area contributed by atoms with E-state index in [1.165, 1.54) is 25.4 Å². The molecular weight excluding hydrogens is 274 g/mol. The minimum Gasteiger partial charge on any atom is -0.618 e. The number of nitrogens with zero attached hydrogens (tertiary/aromatic N) is 1. The summed E-state index contributed by atoms with van der Waals surface area (Å²) in [6.45, 7) is 0.00911. The molecule has 0 spiro atoms. The first kappa shape index (κ1) is 14.5. The molecule has 0 saturated carbocycles. The Morgan fingerprint density at radius 3 is 2.43 bits per heavy atom. The summed E-state index contributed by atoms with van der Waals surface area (Å²) < 4.78 is 10.1. The molecule has 21 heavy (non-hydrogen) atoms. The third-order valence-corrected chi connectivity index (χ3v) is 2.78. The van der Waals surface area contributed by atoms with Crippen LogP contribution in [0.5, 0.6) is 0 Å². The summed E-state index contributed by atoms with van der Waals surface area (Å²) in [6, 6.07) is 10.9. The number of rotatable bonds is 4. The third-order valence-electron chi connectivity index (χ3n) is 2.78. The van der Waals surface area contributed by atoms with E-state index < -0.39 is 11.9 Å². The van der Waals surface area contributed by atoms with E-state index in [2.05, 4.69) is 4.74 Å². The highest BCUT2D eigenvalue weighted by Gasteiger charge is 2.16. The van der Waals surface area contributed by atoms with Crippen molar-refractivity contribution < 1.29 is 23.8 Å². The molecule has 0 fully saturated rings. The number of aromatic nitrogens is 1. The Morgan fingerprint density at radius 1 is 1.10 bits per heavy atom. The van der Waals surface area contributed by atoms with Crippen LogP contribution in [0.15, 0.2) is 48.7 Å². The van der Waals surface area contributed by atoms with Gasteiger partial charge in [0.25, 0.3) is 0 Å². The summed E-state index contributed by atoms with van der Waals surface area (Å²) in [6.07, 6.45) is 1.22. The molecule has 6 nitrogen and oxygen atoms in total. The fourth-order valence-corrected chi connectivity index (χ4v) is 1.66.